The second-order valence-corrected chi connectivity index (χ2v) is 5.90. The third kappa shape index (κ3) is 2.47. The summed E-state index contributed by atoms with van der Waals surface area (Å²) in [5.41, 5.74) is 9.88. The van der Waals surface area contributed by atoms with Crippen LogP contribution in [0.15, 0.2) is 59.3 Å². The Morgan fingerprint density at radius 2 is 2.00 bits per heavy atom. The number of pyridine rings is 1. The molecule has 0 bridgehead atoms. The lowest BCUT2D eigenvalue weighted by atomic mass is 9.94. The highest BCUT2D eigenvalue weighted by Crippen LogP contribution is 2.28. The smallest absolute Gasteiger partial charge is 0.0558 e. The van der Waals surface area contributed by atoms with Crippen molar-refractivity contribution in [1.82, 2.24) is 4.98 Å². The van der Waals surface area contributed by atoms with Crippen LogP contribution in [0.25, 0.3) is 10.8 Å². The molecular weight excluding hydrogens is 312 g/mol. The predicted molar refractivity (Wildman–Crippen MR) is 86.7 cm³/mol. The quantitative estimate of drug-likeness (QED) is 0.760. The van der Waals surface area contributed by atoms with Crippen LogP contribution in [-0.4, -0.2) is 4.98 Å². The summed E-state index contributed by atoms with van der Waals surface area (Å²) in [6, 6.07) is 14.3. The average molecular weight is 327 g/mol. The molecule has 3 heteroatoms. The number of hydrogen-bond donors (Lipinski definition) is 1. The number of aromatic nitrogens is 1. The highest BCUT2D eigenvalue weighted by atomic mass is 79.9. The summed E-state index contributed by atoms with van der Waals surface area (Å²) in [6.07, 6.45) is 3.69. The minimum absolute atomic E-state index is 0.154. The summed E-state index contributed by atoms with van der Waals surface area (Å²) in [5, 5.41) is 2.28. The van der Waals surface area contributed by atoms with Crippen molar-refractivity contribution in [1.29, 1.82) is 0 Å². The molecule has 1 heterocycles. The summed E-state index contributed by atoms with van der Waals surface area (Å²) in [6.45, 7) is 2.08. The van der Waals surface area contributed by atoms with Gasteiger partial charge in [-0.25, -0.2) is 0 Å². The fourth-order valence-electron chi connectivity index (χ4n) is 2.53. The molecule has 0 radical (unpaired) electrons. The molecule has 3 rings (SSSR count). The van der Waals surface area contributed by atoms with Crippen LogP contribution in [0.5, 0.6) is 0 Å². The van der Waals surface area contributed by atoms with Gasteiger partial charge in [0.1, 0.15) is 0 Å². The minimum atomic E-state index is -0.154. The summed E-state index contributed by atoms with van der Waals surface area (Å²) in [5.74, 6) is 0. The lowest BCUT2D eigenvalue weighted by Gasteiger charge is -2.16. The van der Waals surface area contributed by atoms with Crippen molar-refractivity contribution in [3.05, 3.63) is 76.0 Å². The molecule has 2 nitrogen and oxygen atoms in total. The van der Waals surface area contributed by atoms with Crippen LogP contribution in [0, 0.1) is 6.92 Å². The molecule has 0 aliphatic heterocycles. The van der Waals surface area contributed by atoms with E-state index in [1.807, 2.05) is 18.3 Å². The van der Waals surface area contributed by atoms with E-state index in [9.17, 15) is 0 Å². The largest absolute Gasteiger partial charge is 0.320 e. The van der Waals surface area contributed by atoms with Crippen molar-refractivity contribution < 1.29 is 0 Å². The highest BCUT2D eigenvalue weighted by Gasteiger charge is 2.13. The van der Waals surface area contributed by atoms with Gasteiger partial charge in [-0.3, -0.25) is 4.98 Å². The molecule has 0 amide bonds. The van der Waals surface area contributed by atoms with Gasteiger partial charge in [0, 0.05) is 22.3 Å². The zero-order valence-electron chi connectivity index (χ0n) is 11.2. The number of benzene rings is 2. The Labute approximate surface area is 126 Å². The summed E-state index contributed by atoms with van der Waals surface area (Å²) in [4.78, 5) is 4.22. The van der Waals surface area contributed by atoms with Crippen LogP contribution >= 0.6 is 15.9 Å². The van der Waals surface area contributed by atoms with E-state index in [1.54, 1.807) is 6.20 Å². The number of fused-ring (bicyclic) bond motifs is 1. The Balaban J connectivity index is 2.15. The molecule has 2 N–H and O–H groups in total. The molecule has 3 aromatic rings. The predicted octanol–water partition coefficient (Wildman–Crippen LogP) is 4.35. The number of nitrogens with two attached hydrogens (primary N) is 1. The molecule has 1 aromatic heterocycles. The third-order valence-corrected chi connectivity index (χ3v) is 3.93. The SMILES string of the molecule is Cc1cc(Br)cc(C(N)c2cccc3ccncc23)c1. The van der Waals surface area contributed by atoms with E-state index in [-0.39, 0.29) is 6.04 Å². The zero-order valence-corrected chi connectivity index (χ0v) is 12.8. The number of rotatable bonds is 2. The highest BCUT2D eigenvalue weighted by molar-refractivity contribution is 9.10. The lowest BCUT2D eigenvalue weighted by molar-refractivity contribution is 0.877. The van der Waals surface area contributed by atoms with Gasteiger partial charge < -0.3 is 5.73 Å². The molecule has 20 heavy (non-hydrogen) atoms. The van der Waals surface area contributed by atoms with E-state index in [0.29, 0.717) is 0 Å². The van der Waals surface area contributed by atoms with Crippen LogP contribution < -0.4 is 5.73 Å². The van der Waals surface area contributed by atoms with Crippen molar-refractivity contribution >= 4 is 26.7 Å². The lowest BCUT2D eigenvalue weighted by Crippen LogP contribution is -2.12. The molecule has 0 aliphatic rings. The fraction of sp³-hybridized carbons (Fsp3) is 0.118. The van der Waals surface area contributed by atoms with Gasteiger partial charge in [-0.05, 0) is 47.2 Å². The first-order valence-corrected chi connectivity index (χ1v) is 7.30. The normalized spacial score (nSPS) is 12.6. The fourth-order valence-corrected chi connectivity index (χ4v) is 3.16. The maximum atomic E-state index is 6.47. The van der Waals surface area contributed by atoms with E-state index >= 15 is 0 Å². The summed E-state index contributed by atoms with van der Waals surface area (Å²) >= 11 is 3.54. The first kappa shape index (κ1) is 13.3. The Morgan fingerprint density at radius 3 is 2.80 bits per heavy atom. The number of nitrogens with zero attached hydrogens (tertiary/aromatic N) is 1. The van der Waals surface area contributed by atoms with Crippen LogP contribution in [0.4, 0.5) is 0 Å². The van der Waals surface area contributed by atoms with E-state index in [0.717, 1.165) is 21.0 Å². The van der Waals surface area contributed by atoms with E-state index in [1.165, 1.54) is 10.9 Å². The van der Waals surface area contributed by atoms with Crippen LogP contribution in [0.1, 0.15) is 22.7 Å². The maximum Gasteiger partial charge on any atom is 0.0558 e. The minimum Gasteiger partial charge on any atom is -0.320 e. The zero-order chi connectivity index (χ0) is 14.1. The van der Waals surface area contributed by atoms with Crippen molar-refractivity contribution in [2.24, 2.45) is 5.73 Å². The summed E-state index contributed by atoms with van der Waals surface area (Å²) in [7, 11) is 0. The van der Waals surface area contributed by atoms with Gasteiger partial charge in [0.25, 0.3) is 0 Å². The Morgan fingerprint density at radius 1 is 1.15 bits per heavy atom. The average Bonchev–Trinajstić information content (AvgIpc) is 2.45. The summed E-state index contributed by atoms with van der Waals surface area (Å²) < 4.78 is 1.06. The van der Waals surface area contributed by atoms with Crippen molar-refractivity contribution in [2.45, 2.75) is 13.0 Å². The van der Waals surface area contributed by atoms with Gasteiger partial charge in [0.15, 0.2) is 0 Å². The van der Waals surface area contributed by atoms with Crippen LogP contribution in [0.2, 0.25) is 0 Å². The molecule has 0 fully saturated rings. The number of halogens is 1. The molecule has 1 atom stereocenters. The van der Waals surface area contributed by atoms with Gasteiger partial charge in [-0.15, -0.1) is 0 Å². The van der Waals surface area contributed by atoms with Crippen LogP contribution in [-0.2, 0) is 0 Å². The first-order chi connectivity index (χ1) is 9.65. The van der Waals surface area contributed by atoms with E-state index in [4.69, 9.17) is 5.73 Å². The monoisotopic (exact) mass is 326 g/mol. The van der Waals surface area contributed by atoms with Crippen molar-refractivity contribution in [3.8, 4) is 0 Å². The van der Waals surface area contributed by atoms with Gasteiger partial charge >= 0.3 is 0 Å². The molecule has 0 saturated carbocycles. The Kier molecular flexibility index (Phi) is 3.55. The molecule has 1 unspecified atom stereocenters. The van der Waals surface area contributed by atoms with Gasteiger partial charge in [0.2, 0.25) is 0 Å². The molecule has 0 aliphatic carbocycles. The van der Waals surface area contributed by atoms with Gasteiger partial charge in [0.05, 0.1) is 6.04 Å². The van der Waals surface area contributed by atoms with Crippen LogP contribution in [0.3, 0.4) is 0 Å². The van der Waals surface area contributed by atoms with Gasteiger partial charge in [-0.2, -0.15) is 0 Å². The third-order valence-electron chi connectivity index (χ3n) is 3.48. The second-order valence-electron chi connectivity index (χ2n) is 4.98. The van der Waals surface area contributed by atoms with E-state index < -0.39 is 0 Å². The number of hydrogen-bond acceptors (Lipinski definition) is 2. The Bertz CT molecular complexity index is 742. The maximum absolute atomic E-state index is 6.47. The van der Waals surface area contributed by atoms with E-state index in [2.05, 4.69) is 58.2 Å². The second kappa shape index (κ2) is 5.35. The van der Waals surface area contributed by atoms with Gasteiger partial charge in [-0.1, -0.05) is 40.2 Å². The molecule has 0 spiro atoms. The molecule has 0 saturated heterocycles. The standard InChI is InChI=1S/C17H15BrN2/c1-11-7-13(9-14(18)8-11)17(19)15-4-2-3-12-5-6-20-10-16(12)15/h2-10,17H,19H2,1H3. The van der Waals surface area contributed by atoms with Crippen molar-refractivity contribution in [2.75, 3.05) is 0 Å². The first-order valence-electron chi connectivity index (χ1n) is 6.50. The van der Waals surface area contributed by atoms with Crippen molar-refractivity contribution in [3.63, 3.8) is 0 Å². The Hall–Kier alpha value is -1.71. The molecule has 2 aromatic carbocycles. The molecular formula is C17H15BrN2. The topological polar surface area (TPSA) is 38.9 Å². The number of aryl methyl sites for hydroxylation is 1. The molecule has 100 valence electrons.